The van der Waals surface area contributed by atoms with Crippen molar-refractivity contribution in [3.8, 4) is 0 Å². The Hall–Kier alpha value is -4.06. The number of rotatable bonds is 7. The summed E-state index contributed by atoms with van der Waals surface area (Å²) in [5.41, 5.74) is 3.82. The molecule has 0 aliphatic rings. The first-order valence-electron chi connectivity index (χ1n) is 10.0. The van der Waals surface area contributed by atoms with Gasteiger partial charge in [0.15, 0.2) is 18.2 Å². The summed E-state index contributed by atoms with van der Waals surface area (Å²) in [5.74, 6) is -1.67. The molecule has 0 aliphatic carbocycles. The summed E-state index contributed by atoms with van der Waals surface area (Å²) in [5, 5.41) is 2.60. The van der Waals surface area contributed by atoms with Crippen LogP contribution in [-0.4, -0.2) is 30.0 Å². The van der Waals surface area contributed by atoms with Gasteiger partial charge in [0.25, 0.3) is 5.91 Å². The molecule has 3 aromatic carbocycles. The van der Waals surface area contributed by atoms with Gasteiger partial charge in [-0.2, -0.15) is 0 Å². The molecule has 1 N–H and O–H groups in total. The molecule has 1 amide bonds. The molecule has 6 heteroatoms. The highest BCUT2D eigenvalue weighted by atomic mass is 16.5. The summed E-state index contributed by atoms with van der Waals surface area (Å²) in [7, 11) is 0. The van der Waals surface area contributed by atoms with Crippen molar-refractivity contribution in [2.24, 2.45) is 0 Å². The molecule has 0 bridgehead atoms. The largest absolute Gasteiger partial charge is 0.452 e. The quantitative estimate of drug-likeness (QED) is 0.440. The van der Waals surface area contributed by atoms with Crippen molar-refractivity contribution in [3.63, 3.8) is 0 Å². The van der Waals surface area contributed by atoms with E-state index in [1.54, 1.807) is 54.6 Å². The van der Waals surface area contributed by atoms with Crippen LogP contribution in [0.4, 0.5) is 5.69 Å². The summed E-state index contributed by atoms with van der Waals surface area (Å²) in [6.07, 6.45) is 0. The SMILES string of the molecule is CC(=O)c1ccc(NC(=O)COC(=O)c2ccccc2C(=O)c2ccc(C)c(C)c2)cc1. The molecule has 0 heterocycles. The number of amides is 1. The fourth-order valence-electron chi connectivity index (χ4n) is 3.09. The van der Waals surface area contributed by atoms with Gasteiger partial charge in [-0.1, -0.05) is 30.3 Å². The Bertz CT molecular complexity index is 1200. The van der Waals surface area contributed by atoms with Gasteiger partial charge in [0, 0.05) is 22.4 Å². The Balaban J connectivity index is 1.67. The number of Topliss-reactive ketones (excluding diaryl/α,β-unsaturated/α-hetero) is 1. The van der Waals surface area contributed by atoms with Crippen LogP contribution in [-0.2, 0) is 9.53 Å². The molecule has 0 spiro atoms. The lowest BCUT2D eigenvalue weighted by Gasteiger charge is -2.10. The Morgan fingerprint density at radius 2 is 1.41 bits per heavy atom. The molecular weight excluding hydrogens is 406 g/mol. The number of hydrogen-bond donors (Lipinski definition) is 1. The van der Waals surface area contributed by atoms with Crippen LogP contribution in [0.3, 0.4) is 0 Å². The number of benzene rings is 3. The van der Waals surface area contributed by atoms with E-state index in [2.05, 4.69) is 5.32 Å². The molecule has 0 unspecified atom stereocenters. The van der Waals surface area contributed by atoms with Crippen LogP contribution in [0, 0.1) is 13.8 Å². The molecule has 0 atom stereocenters. The molecular formula is C26H23NO5. The summed E-state index contributed by atoms with van der Waals surface area (Å²) in [6.45, 7) is 4.81. The van der Waals surface area contributed by atoms with Crippen LogP contribution in [0.5, 0.6) is 0 Å². The molecule has 0 aromatic heterocycles. The van der Waals surface area contributed by atoms with Crippen LogP contribution < -0.4 is 5.32 Å². The highest BCUT2D eigenvalue weighted by molar-refractivity contribution is 6.14. The maximum atomic E-state index is 13.0. The second-order valence-electron chi connectivity index (χ2n) is 7.43. The molecule has 162 valence electrons. The third kappa shape index (κ3) is 5.35. The minimum Gasteiger partial charge on any atom is -0.452 e. The Labute approximate surface area is 186 Å². The highest BCUT2D eigenvalue weighted by Crippen LogP contribution is 2.18. The molecule has 0 saturated carbocycles. The average molecular weight is 429 g/mol. The topological polar surface area (TPSA) is 89.5 Å². The highest BCUT2D eigenvalue weighted by Gasteiger charge is 2.20. The van der Waals surface area contributed by atoms with Gasteiger partial charge in [-0.3, -0.25) is 14.4 Å². The average Bonchev–Trinajstić information content (AvgIpc) is 2.79. The van der Waals surface area contributed by atoms with Gasteiger partial charge in [-0.15, -0.1) is 0 Å². The lowest BCUT2D eigenvalue weighted by atomic mass is 9.96. The van der Waals surface area contributed by atoms with Gasteiger partial charge in [0.2, 0.25) is 0 Å². The maximum absolute atomic E-state index is 13.0. The second-order valence-corrected chi connectivity index (χ2v) is 7.43. The number of ether oxygens (including phenoxy) is 1. The van der Waals surface area contributed by atoms with Crippen LogP contribution >= 0.6 is 0 Å². The van der Waals surface area contributed by atoms with E-state index in [4.69, 9.17) is 4.74 Å². The first-order valence-corrected chi connectivity index (χ1v) is 10.0. The van der Waals surface area contributed by atoms with E-state index in [0.29, 0.717) is 16.8 Å². The number of hydrogen-bond acceptors (Lipinski definition) is 5. The standard InChI is InChI=1S/C26H23NO5/c1-16-8-9-20(14-17(16)2)25(30)22-6-4-5-7-23(22)26(31)32-15-24(29)27-21-12-10-19(11-13-21)18(3)28/h4-14H,15H2,1-3H3,(H,27,29). The van der Waals surface area contributed by atoms with Gasteiger partial charge in [0.1, 0.15) is 0 Å². The molecule has 6 nitrogen and oxygen atoms in total. The van der Waals surface area contributed by atoms with Crippen LogP contribution in [0.2, 0.25) is 0 Å². The fourth-order valence-corrected chi connectivity index (χ4v) is 3.09. The van der Waals surface area contributed by atoms with E-state index >= 15 is 0 Å². The Kier molecular flexibility index (Phi) is 6.95. The number of carbonyl (C=O) groups is 4. The zero-order valence-electron chi connectivity index (χ0n) is 18.1. The van der Waals surface area contributed by atoms with Crippen molar-refractivity contribution in [1.29, 1.82) is 0 Å². The second kappa shape index (κ2) is 9.83. The van der Waals surface area contributed by atoms with Gasteiger partial charge in [-0.25, -0.2) is 4.79 Å². The number of aryl methyl sites for hydroxylation is 2. The molecule has 3 rings (SSSR count). The predicted octanol–water partition coefficient (Wildman–Crippen LogP) is 4.53. The van der Waals surface area contributed by atoms with Gasteiger partial charge < -0.3 is 10.1 Å². The van der Waals surface area contributed by atoms with Crippen LogP contribution in [0.25, 0.3) is 0 Å². The number of anilines is 1. The third-order valence-corrected chi connectivity index (χ3v) is 5.07. The fraction of sp³-hybridized carbons (Fsp3) is 0.154. The number of ketones is 2. The molecule has 32 heavy (non-hydrogen) atoms. The molecule has 3 aromatic rings. The monoisotopic (exact) mass is 429 g/mol. The van der Waals surface area contributed by atoms with E-state index in [1.807, 2.05) is 19.9 Å². The van der Waals surface area contributed by atoms with E-state index < -0.39 is 18.5 Å². The zero-order valence-corrected chi connectivity index (χ0v) is 18.1. The van der Waals surface area contributed by atoms with Crippen molar-refractivity contribution < 1.29 is 23.9 Å². The van der Waals surface area contributed by atoms with Crippen molar-refractivity contribution in [3.05, 3.63) is 100 Å². The lowest BCUT2D eigenvalue weighted by Crippen LogP contribution is -2.22. The van der Waals surface area contributed by atoms with Crippen molar-refractivity contribution in [2.75, 3.05) is 11.9 Å². The first-order chi connectivity index (χ1) is 15.3. The third-order valence-electron chi connectivity index (χ3n) is 5.07. The summed E-state index contributed by atoms with van der Waals surface area (Å²) >= 11 is 0. The Morgan fingerprint density at radius 1 is 0.781 bits per heavy atom. The smallest absolute Gasteiger partial charge is 0.339 e. The number of nitrogens with one attached hydrogen (secondary N) is 1. The maximum Gasteiger partial charge on any atom is 0.339 e. The molecule has 0 radical (unpaired) electrons. The van der Waals surface area contributed by atoms with Crippen molar-refractivity contribution >= 4 is 29.1 Å². The van der Waals surface area contributed by atoms with Gasteiger partial charge in [0.05, 0.1) is 5.56 Å². The molecule has 0 aliphatic heterocycles. The van der Waals surface area contributed by atoms with E-state index in [9.17, 15) is 19.2 Å². The number of carbonyl (C=O) groups excluding carboxylic acids is 4. The van der Waals surface area contributed by atoms with Crippen molar-refractivity contribution in [2.45, 2.75) is 20.8 Å². The van der Waals surface area contributed by atoms with Crippen LogP contribution in [0.1, 0.15) is 54.7 Å². The van der Waals surface area contributed by atoms with E-state index in [-0.39, 0.29) is 22.7 Å². The molecule has 0 saturated heterocycles. The summed E-state index contributed by atoms with van der Waals surface area (Å²) < 4.78 is 5.14. The van der Waals surface area contributed by atoms with Gasteiger partial charge >= 0.3 is 5.97 Å². The summed E-state index contributed by atoms with van der Waals surface area (Å²) in [4.78, 5) is 49.1. The first kappa shape index (κ1) is 22.6. The lowest BCUT2D eigenvalue weighted by molar-refractivity contribution is -0.119. The Morgan fingerprint density at radius 3 is 2.03 bits per heavy atom. The summed E-state index contributed by atoms with van der Waals surface area (Å²) in [6, 6.07) is 18.1. The normalized spacial score (nSPS) is 10.3. The number of esters is 1. The van der Waals surface area contributed by atoms with E-state index in [1.165, 1.54) is 13.0 Å². The van der Waals surface area contributed by atoms with E-state index in [0.717, 1.165) is 11.1 Å². The minimum atomic E-state index is -0.764. The van der Waals surface area contributed by atoms with Crippen LogP contribution in [0.15, 0.2) is 66.7 Å². The molecule has 0 fully saturated rings. The minimum absolute atomic E-state index is 0.0779. The van der Waals surface area contributed by atoms with Gasteiger partial charge in [-0.05, 0) is 68.3 Å². The zero-order chi connectivity index (χ0) is 23.3. The van der Waals surface area contributed by atoms with Crippen molar-refractivity contribution in [1.82, 2.24) is 0 Å². The predicted molar refractivity (Wildman–Crippen MR) is 121 cm³/mol.